The quantitative estimate of drug-likeness (QED) is 0.409. The predicted octanol–water partition coefficient (Wildman–Crippen LogP) is 5.42. The Balaban J connectivity index is 1.47. The number of carbonyl (C=O) groups is 1. The van der Waals surface area contributed by atoms with Crippen LogP contribution in [0.2, 0.25) is 0 Å². The van der Waals surface area contributed by atoms with Crippen molar-refractivity contribution >= 4 is 55.6 Å². The molecule has 0 aliphatic carbocycles. The fourth-order valence-corrected chi connectivity index (χ4v) is 5.96. The summed E-state index contributed by atoms with van der Waals surface area (Å²) in [5.41, 5.74) is 6.88. The van der Waals surface area contributed by atoms with Gasteiger partial charge in [0.15, 0.2) is 0 Å². The monoisotopic (exact) mass is 481 g/mol. The minimum absolute atomic E-state index is 0.0130. The zero-order valence-electron chi connectivity index (χ0n) is 19.9. The number of pyridine rings is 2. The van der Waals surface area contributed by atoms with Crippen LogP contribution >= 0.6 is 11.3 Å². The normalized spacial score (nSPS) is 18.5. The molecule has 0 saturated carbocycles. The van der Waals surface area contributed by atoms with Crippen molar-refractivity contribution in [1.29, 1.82) is 0 Å². The van der Waals surface area contributed by atoms with Gasteiger partial charge in [-0.1, -0.05) is 12.7 Å². The van der Waals surface area contributed by atoms with Crippen LogP contribution in [0.5, 0.6) is 0 Å². The van der Waals surface area contributed by atoms with Crippen LogP contribution in [0.15, 0.2) is 49.1 Å². The van der Waals surface area contributed by atoms with E-state index in [0.29, 0.717) is 6.54 Å². The molecule has 1 amide bonds. The van der Waals surface area contributed by atoms with Crippen molar-refractivity contribution < 1.29 is 4.79 Å². The highest BCUT2D eigenvalue weighted by molar-refractivity contribution is 7.21. The number of rotatable bonds is 3. The number of likely N-dealkylation sites (N-methyl/N-ethyl adjacent to an activating group) is 1. The van der Waals surface area contributed by atoms with Crippen molar-refractivity contribution in [3.63, 3.8) is 0 Å². The summed E-state index contributed by atoms with van der Waals surface area (Å²) in [6, 6.07) is 12.6. The van der Waals surface area contributed by atoms with Gasteiger partial charge in [0.1, 0.15) is 4.88 Å². The Morgan fingerprint density at radius 1 is 1.17 bits per heavy atom. The Labute approximate surface area is 208 Å². The van der Waals surface area contributed by atoms with Gasteiger partial charge in [-0.2, -0.15) is 0 Å². The summed E-state index contributed by atoms with van der Waals surface area (Å²) in [5, 5.41) is 8.68. The average molecular weight is 482 g/mol. The molecule has 0 unspecified atom stereocenters. The molecule has 3 aromatic heterocycles. The van der Waals surface area contributed by atoms with Gasteiger partial charge in [-0.3, -0.25) is 4.79 Å². The number of amides is 1. The summed E-state index contributed by atoms with van der Waals surface area (Å²) >= 11 is 1.53. The van der Waals surface area contributed by atoms with Crippen LogP contribution in [0.4, 0.5) is 5.69 Å². The third-order valence-electron chi connectivity index (χ3n) is 6.78. The lowest BCUT2D eigenvalue weighted by atomic mass is 10.0. The lowest BCUT2D eigenvalue weighted by Crippen LogP contribution is -2.34. The Morgan fingerprint density at radius 3 is 2.86 bits per heavy atom. The van der Waals surface area contributed by atoms with Gasteiger partial charge in [0, 0.05) is 46.7 Å². The molecule has 0 saturated heterocycles. The van der Waals surface area contributed by atoms with Gasteiger partial charge < -0.3 is 15.5 Å². The number of nitrogens with zero attached hydrogens (tertiary/aromatic N) is 3. The molecule has 6 nitrogen and oxygen atoms in total. The molecule has 1 atom stereocenters. The second-order valence-corrected chi connectivity index (χ2v) is 10.4. The first-order valence-electron chi connectivity index (χ1n) is 11.9. The lowest BCUT2D eigenvalue weighted by Gasteiger charge is -2.22. The first kappa shape index (κ1) is 21.9. The molecular formula is C28H27N5OS. The third kappa shape index (κ3) is 3.90. The van der Waals surface area contributed by atoms with Crippen LogP contribution in [0.3, 0.4) is 0 Å². The summed E-state index contributed by atoms with van der Waals surface area (Å²) in [5.74, 6) is -0.0130. The predicted molar refractivity (Wildman–Crippen MR) is 146 cm³/mol. The van der Waals surface area contributed by atoms with E-state index in [2.05, 4.69) is 59.5 Å². The fraction of sp³-hybridized carbons (Fsp3) is 0.250. The number of anilines is 1. The summed E-state index contributed by atoms with van der Waals surface area (Å²) in [6.07, 6.45) is 5.04. The van der Waals surface area contributed by atoms with E-state index in [1.807, 2.05) is 19.1 Å². The average Bonchev–Trinajstić information content (AvgIpc) is 3.20. The summed E-state index contributed by atoms with van der Waals surface area (Å²) in [7, 11) is 2.14. The summed E-state index contributed by atoms with van der Waals surface area (Å²) in [4.78, 5) is 25.6. The Bertz CT molecular complexity index is 1540. The maximum Gasteiger partial charge on any atom is 0.263 e. The van der Waals surface area contributed by atoms with Gasteiger partial charge in [-0.25, -0.2) is 9.97 Å². The zero-order valence-corrected chi connectivity index (χ0v) is 20.7. The van der Waals surface area contributed by atoms with Crippen LogP contribution in [0, 0.1) is 0 Å². The van der Waals surface area contributed by atoms with Crippen molar-refractivity contribution in [1.82, 2.24) is 20.2 Å². The van der Waals surface area contributed by atoms with Crippen LogP contribution in [0.1, 0.15) is 34.4 Å². The molecule has 2 aliphatic heterocycles. The highest BCUT2D eigenvalue weighted by Crippen LogP contribution is 2.41. The van der Waals surface area contributed by atoms with Crippen molar-refractivity contribution in [2.24, 2.45) is 0 Å². The number of carbonyl (C=O) groups excluding carboxylic acids is 1. The third-order valence-corrected chi connectivity index (χ3v) is 7.94. The van der Waals surface area contributed by atoms with E-state index in [9.17, 15) is 4.79 Å². The van der Waals surface area contributed by atoms with E-state index >= 15 is 0 Å². The second kappa shape index (κ2) is 8.59. The van der Waals surface area contributed by atoms with E-state index in [-0.39, 0.29) is 11.9 Å². The van der Waals surface area contributed by atoms with Gasteiger partial charge in [0.25, 0.3) is 5.91 Å². The standard InChI is InChI=1S/C28H27N5OS/c1-4-19-13-18(14-23(31-19)17-9-11-33(3)12-10-17)21-6-5-20-22(32-21)7-8-24-25(20)26-27(35-24)28(34)30-16(2)15-29-26/h4-9,13-14,16,29H,1,10-12,15H2,2-3H3,(H,30,34)/t16-/m1/s1. The SMILES string of the molecule is C=Cc1cc(-c2ccc3c(ccc4sc5c(c43)NC[C@@H](C)NC5=O)n2)cc(C2=CCN(C)CC2)n1. The number of hydrogen-bond donors (Lipinski definition) is 2. The molecular weight excluding hydrogens is 454 g/mol. The second-order valence-electron chi connectivity index (χ2n) is 9.38. The largest absolute Gasteiger partial charge is 0.381 e. The summed E-state index contributed by atoms with van der Waals surface area (Å²) in [6.45, 7) is 8.63. The van der Waals surface area contributed by atoms with Gasteiger partial charge in [-0.15, -0.1) is 11.3 Å². The Hall–Kier alpha value is -3.55. The maximum atomic E-state index is 12.7. The van der Waals surface area contributed by atoms with Gasteiger partial charge in [-0.05, 0) is 68.4 Å². The van der Waals surface area contributed by atoms with Gasteiger partial charge >= 0.3 is 0 Å². The van der Waals surface area contributed by atoms with Crippen molar-refractivity contribution in [3.05, 3.63) is 65.3 Å². The first-order chi connectivity index (χ1) is 17.0. The van der Waals surface area contributed by atoms with E-state index in [1.54, 1.807) is 6.08 Å². The summed E-state index contributed by atoms with van der Waals surface area (Å²) < 4.78 is 1.09. The molecule has 7 heteroatoms. The highest BCUT2D eigenvalue weighted by atomic mass is 32.1. The topological polar surface area (TPSA) is 70.2 Å². The van der Waals surface area contributed by atoms with E-state index in [1.165, 1.54) is 16.9 Å². The number of nitrogens with one attached hydrogen (secondary N) is 2. The van der Waals surface area contributed by atoms with Gasteiger partial charge in [0.2, 0.25) is 0 Å². The number of thiophene rings is 1. The minimum Gasteiger partial charge on any atom is -0.381 e. The lowest BCUT2D eigenvalue weighted by molar-refractivity contribution is 0.0949. The number of hydrogen-bond acceptors (Lipinski definition) is 6. The smallest absolute Gasteiger partial charge is 0.263 e. The molecule has 1 aromatic carbocycles. The Morgan fingerprint density at radius 2 is 2.06 bits per heavy atom. The first-order valence-corrected chi connectivity index (χ1v) is 12.8. The van der Waals surface area contributed by atoms with Gasteiger partial charge in [0.05, 0.1) is 28.3 Å². The molecule has 0 radical (unpaired) electrons. The molecule has 2 N–H and O–H groups in total. The van der Waals surface area contributed by atoms with E-state index in [0.717, 1.165) is 73.7 Å². The molecule has 2 aliphatic rings. The minimum atomic E-state index is -0.0130. The number of fused-ring (bicyclic) bond motifs is 5. The van der Waals surface area contributed by atoms with E-state index < -0.39 is 0 Å². The molecule has 0 bridgehead atoms. The number of benzene rings is 1. The Kier molecular flexibility index (Phi) is 5.39. The molecule has 0 fully saturated rings. The van der Waals surface area contributed by atoms with Crippen molar-refractivity contribution in [2.75, 3.05) is 32.0 Å². The fourth-order valence-electron chi connectivity index (χ4n) is 4.86. The molecule has 0 spiro atoms. The van der Waals surface area contributed by atoms with Crippen molar-refractivity contribution in [3.8, 4) is 11.3 Å². The maximum absolute atomic E-state index is 12.7. The molecule has 35 heavy (non-hydrogen) atoms. The number of aromatic nitrogens is 2. The zero-order chi connectivity index (χ0) is 24.1. The molecule has 176 valence electrons. The van der Waals surface area contributed by atoms with Crippen LogP contribution in [0.25, 0.3) is 43.9 Å². The molecule has 4 aromatic rings. The molecule has 6 rings (SSSR count). The highest BCUT2D eigenvalue weighted by Gasteiger charge is 2.25. The van der Waals surface area contributed by atoms with Crippen molar-refractivity contribution in [2.45, 2.75) is 19.4 Å². The molecule has 5 heterocycles. The van der Waals surface area contributed by atoms with Crippen LogP contribution in [-0.4, -0.2) is 53.5 Å². The van der Waals surface area contributed by atoms with Crippen LogP contribution < -0.4 is 10.6 Å². The van der Waals surface area contributed by atoms with E-state index in [4.69, 9.17) is 9.97 Å². The van der Waals surface area contributed by atoms with Crippen LogP contribution in [-0.2, 0) is 0 Å².